The minimum atomic E-state index is -2.89. The zero-order valence-electron chi connectivity index (χ0n) is 14.8. The highest BCUT2D eigenvalue weighted by Crippen LogP contribution is 2.20. The minimum absolute atomic E-state index is 0.0427. The van der Waals surface area contributed by atoms with Gasteiger partial charge in [-0.05, 0) is 43.9 Å². The number of aliphatic imine (C=N–C) groups is 1. The van der Waals surface area contributed by atoms with Crippen molar-refractivity contribution in [2.45, 2.75) is 32.7 Å². The Bertz CT molecular complexity index is 870. The Balaban J connectivity index is 1.63. The summed E-state index contributed by atoms with van der Waals surface area (Å²) in [5.41, 5.74) is 3.64. The van der Waals surface area contributed by atoms with Gasteiger partial charge in [0.15, 0.2) is 15.8 Å². The topological polar surface area (TPSA) is 86.3 Å². The lowest BCUT2D eigenvalue weighted by molar-refractivity contribution is 0.599. The predicted octanol–water partition coefficient (Wildman–Crippen LogP) is 1.76. The van der Waals surface area contributed by atoms with Crippen LogP contribution in [0.2, 0.25) is 0 Å². The standard InChI is InChI=1S/C18H26N4O2S/c1-3-19-18(22-15-7-9-25(23,24)12-15)20-8-6-14-11-21-17-10-13(2)4-5-16(14)17/h4-5,10-11,15,21H,3,6-9,12H2,1-2H3,(H2,19,20,22). The van der Waals surface area contributed by atoms with Gasteiger partial charge in [-0.3, -0.25) is 4.99 Å². The van der Waals surface area contributed by atoms with Crippen molar-refractivity contribution in [2.24, 2.45) is 4.99 Å². The molecule has 1 aromatic carbocycles. The molecule has 1 saturated heterocycles. The van der Waals surface area contributed by atoms with Crippen LogP contribution >= 0.6 is 0 Å². The summed E-state index contributed by atoms with van der Waals surface area (Å²) < 4.78 is 23.2. The average Bonchev–Trinajstić information content (AvgIpc) is 3.10. The fraction of sp³-hybridized carbons (Fsp3) is 0.500. The predicted molar refractivity (Wildman–Crippen MR) is 103 cm³/mol. The molecule has 0 radical (unpaired) electrons. The highest BCUT2D eigenvalue weighted by molar-refractivity contribution is 7.91. The number of aromatic nitrogens is 1. The Hall–Kier alpha value is -2.02. The van der Waals surface area contributed by atoms with Gasteiger partial charge in [-0.25, -0.2) is 8.42 Å². The lowest BCUT2D eigenvalue weighted by atomic mass is 10.1. The molecular formula is C18H26N4O2S. The summed E-state index contributed by atoms with van der Waals surface area (Å²) in [4.78, 5) is 7.92. The quantitative estimate of drug-likeness (QED) is 0.559. The van der Waals surface area contributed by atoms with Gasteiger partial charge < -0.3 is 15.6 Å². The third-order valence-corrected chi connectivity index (χ3v) is 6.26. The third-order valence-electron chi connectivity index (χ3n) is 4.49. The number of hydrogen-bond acceptors (Lipinski definition) is 3. The number of benzene rings is 1. The van der Waals surface area contributed by atoms with Crippen molar-refractivity contribution in [1.29, 1.82) is 0 Å². The Morgan fingerprint density at radius 3 is 2.96 bits per heavy atom. The summed E-state index contributed by atoms with van der Waals surface area (Å²) in [6.45, 7) is 5.49. The van der Waals surface area contributed by atoms with E-state index < -0.39 is 9.84 Å². The van der Waals surface area contributed by atoms with Crippen LogP contribution < -0.4 is 10.6 Å². The average molecular weight is 362 g/mol. The number of nitrogens with one attached hydrogen (secondary N) is 3. The van der Waals surface area contributed by atoms with Crippen LogP contribution in [0.15, 0.2) is 29.4 Å². The first kappa shape index (κ1) is 17.8. The first-order valence-corrected chi connectivity index (χ1v) is 10.6. The largest absolute Gasteiger partial charge is 0.361 e. The second kappa shape index (κ2) is 7.47. The molecule has 0 bridgehead atoms. The molecule has 2 aromatic rings. The Morgan fingerprint density at radius 2 is 2.24 bits per heavy atom. The molecule has 0 aliphatic carbocycles. The Labute approximate surface area is 149 Å². The molecule has 0 saturated carbocycles. The molecular weight excluding hydrogens is 336 g/mol. The number of guanidine groups is 1. The molecule has 0 spiro atoms. The van der Waals surface area contributed by atoms with E-state index in [0.29, 0.717) is 18.9 Å². The first-order valence-electron chi connectivity index (χ1n) is 8.79. The SMILES string of the molecule is CCNC(=NCCc1c[nH]c2cc(C)ccc12)NC1CCS(=O)(=O)C1. The van der Waals surface area contributed by atoms with Gasteiger partial charge in [0.25, 0.3) is 0 Å². The highest BCUT2D eigenvalue weighted by atomic mass is 32.2. The number of aryl methyl sites for hydroxylation is 1. The van der Waals surface area contributed by atoms with Crippen molar-refractivity contribution in [3.63, 3.8) is 0 Å². The number of sulfone groups is 1. The normalized spacial score (nSPS) is 20.1. The van der Waals surface area contributed by atoms with Crippen molar-refractivity contribution < 1.29 is 8.42 Å². The number of rotatable bonds is 5. The van der Waals surface area contributed by atoms with Gasteiger partial charge in [0.2, 0.25) is 0 Å². The summed E-state index contributed by atoms with van der Waals surface area (Å²) >= 11 is 0. The molecule has 25 heavy (non-hydrogen) atoms. The van der Waals surface area contributed by atoms with Crippen molar-refractivity contribution in [1.82, 2.24) is 15.6 Å². The smallest absolute Gasteiger partial charge is 0.191 e. The maximum Gasteiger partial charge on any atom is 0.191 e. The molecule has 2 heterocycles. The van der Waals surface area contributed by atoms with Gasteiger partial charge in [0.05, 0.1) is 11.5 Å². The van der Waals surface area contributed by atoms with Crippen LogP contribution in [0, 0.1) is 6.92 Å². The molecule has 7 heteroatoms. The zero-order chi connectivity index (χ0) is 17.9. The molecule has 1 aliphatic rings. The second-order valence-electron chi connectivity index (χ2n) is 6.62. The summed E-state index contributed by atoms with van der Waals surface area (Å²) in [5, 5.41) is 7.68. The number of hydrogen-bond donors (Lipinski definition) is 3. The van der Waals surface area contributed by atoms with Gasteiger partial charge in [-0.15, -0.1) is 0 Å². The maximum absolute atomic E-state index is 11.6. The van der Waals surface area contributed by atoms with Gasteiger partial charge >= 0.3 is 0 Å². The van der Waals surface area contributed by atoms with Crippen LogP contribution in [-0.4, -0.2) is 50.0 Å². The van der Waals surface area contributed by atoms with Crippen LogP contribution in [0.5, 0.6) is 0 Å². The summed E-state index contributed by atoms with van der Waals surface area (Å²) in [5.74, 6) is 1.15. The molecule has 0 amide bonds. The fourth-order valence-electron chi connectivity index (χ4n) is 3.22. The van der Waals surface area contributed by atoms with Crippen LogP contribution in [0.25, 0.3) is 10.9 Å². The molecule has 136 valence electrons. The van der Waals surface area contributed by atoms with Gasteiger partial charge in [-0.1, -0.05) is 12.1 Å². The minimum Gasteiger partial charge on any atom is -0.361 e. The Kier molecular flexibility index (Phi) is 5.32. The molecule has 1 fully saturated rings. The van der Waals surface area contributed by atoms with E-state index in [0.717, 1.165) is 18.5 Å². The monoisotopic (exact) mass is 362 g/mol. The number of fused-ring (bicyclic) bond motifs is 1. The van der Waals surface area contributed by atoms with Gasteiger partial charge in [0, 0.05) is 36.2 Å². The van der Waals surface area contributed by atoms with E-state index in [1.54, 1.807) is 0 Å². The lowest BCUT2D eigenvalue weighted by Crippen LogP contribution is -2.44. The van der Waals surface area contributed by atoms with E-state index in [4.69, 9.17) is 0 Å². The molecule has 1 unspecified atom stereocenters. The number of H-pyrrole nitrogens is 1. The van der Waals surface area contributed by atoms with Crippen LogP contribution in [0.4, 0.5) is 0 Å². The van der Waals surface area contributed by atoms with E-state index in [2.05, 4.69) is 45.7 Å². The molecule has 3 rings (SSSR count). The van der Waals surface area contributed by atoms with Crippen molar-refractivity contribution in [3.05, 3.63) is 35.5 Å². The van der Waals surface area contributed by atoms with Crippen LogP contribution in [0.1, 0.15) is 24.5 Å². The van der Waals surface area contributed by atoms with Gasteiger partial charge in [0.1, 0.15) is 0 Å². The number of nitrogens with zero attached hydrogens (tertiary/aromatic N) is 1. The zero-order valence-corrected chi connectivity index (χ0v) is 15.6. The third kappa shape index (κ3) is 4.54. The van der Waals surface area contributed by atoms with E-state index in [1.165, 1.54) is 16.5 Å². The molecule has 1 aliphatic heterocycles. The Morgan fingerprint density at radius 1 is 1.40 bits per heavy atom. The fourth-order valence-corrected chi connectivity index (χ4v) is 4.89. The number of aromatic amines is 1. The van der Waals surface area contributed by atoms with Crippen molar-refractivity contribution in [2.75, 3.05) is 24.6 Å². The van der Waals surface area contributed by atoms with Crippen LogP contribution in [-0.2, 0) is 16.3 Å². The molecule has 6 nitrogen and oxygen atoms in total. The summed E-state index contributed by atoms with van der Waals surface area (Å²) in [6, 6.07) is 6.37. The maximum atomic E-state index is 11.6. The van der Waals surface area contributed by atoms with Gasteiger partial charge in [-0.2, -0.15) is 0 Å². The summed E-state index contributed by atoms with van der Waals surface area (Å²) in [7, 11) is -2.89. The van der Waals surface area contributed by atoms with E-state index in [9.17, 15) is 8.42 Å². The summed E-state index contributed by atoms with van der Waals surface area (Å²) in [6.07, 6.45) is 3.53. The highest BCUT2D eigenvalue weighted by Gasteiger charge is 2.28. The van der Waals surface area contributed by atoms with Crippen molar-refractivity contribution in [3.8, 4) is 0 Å². The van der Waals surface area contributed by atoms with E-state index in [1.807, 2.05) is 13.1 Å². The van der Waals surface area contributed by atoms with E-state index >= 15 is 0 Å². The second-order valence-corrected chi connectivity index (χ2v) is 8.85. The molecule has 1 aromatic heterocycles. The van der Waals surface area contributed by atoms with Crippen molar-refractivity contribution >= 4 is 26.7 Å². The first-order chi connectivity index (χ1) is 12.0. The van der Waals surface area contributed by atoms with Crippen LogP contribution in [0.3, 0.4) is 0 Å². The molecule has 3 N–H and O–H groups in total. The van der Waals surface area contributed by atoms with E-state index in [-0.39, 0.29) is 17.5 Å². The molecule has 1 atom stereocenters. The lowest BCUT2D eigenvalue weighted by Gasteiger charge is -2.15.